The molecule has 1 saturated carbocycles. The zero-order valence-electron chi connectivity index (χ0n) is 11.5. The highest BCUT2D eigenvalue weighted by molar-refractivity contribution is 5.33. The van der Waals surface area contributed by atoms with Crippen molar-refractivity contribution in [2.24, 2.45) is 11.8 Å². The van der Waals surface area contributed by atoms with Crippen LogP contribution in [0.1, 0.15) is 37.7 Å². The van der Waals surface area contributed by atoms with Gasteiger partial charge in [-0.3, -0.25) is 11.3 Å². The Hall–Kier alpha value is -0.900. The van der Waals surface area contributed by atoms with Gasteiger partial charge in [-0.15, -0.1) is 0 Å². The summed E-state index contributed by atoms with van der Waals surface area (Å²) in [6.07, 6.45) is 6.06. The van der Waals surface area contributed by atoms with Gasteiger partial charge < -0.3 is 4.74 Å². The molecule has 1 aromatic carbocycles. The number of ether oxygens (including phenoxy) is 1. The van der Waals surface area contributed by atoms with Crippen LogP contribution in [-0.2, 0) is 10.2 Å². The minimum absolute atomic E-state index is 0.286. The predicted octanol–water partition coefficient (Wildman–Crippen LogP) is 2.37. The standard InChI is InChI=1S/C16H24N2O/c17-18-15(12-13-6-10-19-11-7-13)16(8-9-16)14-4-2-1-3-5-14/h1-5,13,15,18H,6-12,17H2. The number of hydrazine groups is 1. The van der Waals surface area contributed by atoms with Crippen LogP contribution < -0.4 is 11.3 Å². The van der Waals surface area contributed by atoms with Crippen LogP contribution in [0.15, 0.2) is 30.3 Å². The summed E-state index contributed by atoms with van der Waals surface area (Å²) in [6, 6.07) is 11.3. The van der Waals surface area contributed by atoms with Crippen molar-refractivity contribution in [2.75, 3.05) is 13.2 Å². The first-order valence-electron chi connectivity index (χ1n) is 7.44. The minimum atomic E-state index is 0.286. The smallest absolute Gasteiger partial charge is 0.0468 e. The maximum atomic E-state index is 5.87. The van der Waals surface area contributed by atoms with Gasteiger partial charge in [0.05, 0.1) is 0 Å². The first-order valence-corrected chi connectivity index (χ1v) is 7.44. The fraction of sp³-hybridized carbons (Fsp3) is 0.625. The maximum absolute atomic E-state index is 5.87. The molecule has 1 aromatic rings. The van der Waals surface area contributed by atoms with Crippen molar-refractivity contribution >= 4 is 0 Å². The summed E-state index contributed by atoms with van der Waals surface area (Å²) in [5.74, 6) is 6.63. The molecule has 3 nitrogen and oxygen atoms in total. The van der Waals surface area contributed by atoms with Crippen molar-refractivity contribution in [1.29, 1.82) is 0 Å². The molecule has 1 aliphatic carbocycles. The molecule has 1 saturated heterocycles. The number of hydrogen-bond acceptors (Lipinski definition) is 3. The van der Waals surface area contributed by atoms with Gasteiger partial charge in [0.15, 0.2) is 0 Å². The second-order valence-electron chi connectivity index (χ2n) is 6.03. The summed E-state index contributed by atoms with van der Waals surface area (Å²) in [5.41, 5.74) is 4.84. The summed E-state index contributed by atoms with van der Waals surface area (Å²) in [6.45, 7) is 1.83. The van der Waals surface area contributed by atoms with E-state index < -0.39 is 0 Å². The Balaban J connectivity index is 1.71. The van der Waals surface area contributed by atoms with Crippen molar-refractivity contribution in [2.45, 2.75) is 43.6 Å². The lowest BCUT2D eigenvalue weighted by Crippen LogP contribution is -2.45. The average molecular weight is 260 g/mol. The second-order valence-corrected chi connectivity index (χ2v) is 6.03. The molecule has 0 spiro atoms. The van der Waals surface area contributed by atoms with Crippen LogP contribution in [-0.4, -0.2) is 19.3 Å². The fourth-order valence-electron chi connectivity index (χ4n) is 3.51. The Morgan fingerprint density at radius 2 is 1.89 bits per heavy atom. The molecule has 2 fully saturated rings. The molecule has 3 rings (SSSR count). The first kappa shape index (κ1) is 13.1. The second kappa shape index (κ2) is 5.61. The van der Waals surface area contributed by atoms with Crippen LogP contribution in [0.5, 0.6) is 0 Å². The molecule has 19 heavy (non-hydrogen) atoms. The monoisotopic (exact) mass is 260 g/mol. The number of nitrogens with two attached hydrogens (primary N) is 1. The zero-order chi connectivity index (χ0) is 13.1. The molecule has 0 bridgehead atoms. The Morgan fingerprint density at radius 1 is 1.21 bits per heavy atom. The van der Waals surface area contributed by atoms with E-state index >= 15 is 0 Å². The van der Waals surface area contributed by atoms with E-state index in [1.54, 1.807) is 0 Å². The van der Waals surface area contributed by atoms with E-state index in [1.165, 1.54) is 37.7 Å². The lowest BCUT2D eigenvalue weighted by atomic mass is 9.81. The van der Waals surface area contributed by atoms with Gasteiger partial charge in [-0.05, 0) is 43.6 Å². The molecule has 3 heteroatoms. The quantitative estimate of drug-likeness (QED) is 0.631. The normalized spacial score (nSPS) is 24.1. The fourth-order valence-corrected chi connectivity index (χ4v) is 3.51. The van der Waals surface area contributed by atoms with E-state index in [0.717, 1.165) is 19.1 Å². The van der Waals surface area contributed by atoms with E-state index in [9.17, 15) is 0 Å². The van der Waals surface area contributed by atoms with Gasteiger partial charge in [0.1, 0.15) is 0 Å². The molecule has 0 radical (unpaired) electrons. The maximum Gasteiger partial charge on any atom is 0.0468 e. The van der Waals surface area contributed by atoms with Crippen LogP contribution >= 0.6 is 0 Å². The predicted molar refractivity (Wildman–Crippen MR) is 76.6 cm³/mol. The molecular weight excluding hydrogens is 236 g/mol. The molecule has 0 aromatic heterocycles. The van der Waals surface area contributed by atoms with Crippen molar-refractivity contribution in [3.05, 3.63) is 35.9 Å². The molecule has 1 aliphatic heterocycles. The molecule has 3 N–H and O–H groups in total. The van der Waals surface area contributed by atoms with E-state index in [2.05, 4.69) is 35.8 Å². The Labute approximate surface area is 115 Å². The van der Waals surface area contributed by atoms with Crippen molar-refractivity contribution in [3.63, 3.8) is 0 Å². The highest BCUT2D eigenvalue weighted by Gasteiger charge is 2.50. The molecule has 0 amide bonds. The lowest BCUT2D eigenvalue weighted by Gasteiger charge is -2.32. The third-order valence-corrected chi connectivity index (χ3v) is 4.92. The molecule has 1 heterocycles. The van der Waals surface area contributed by atoms with Crippen LogP contribution in [0, 0.1) is 5.92 Å². The molecule has 104 valence electrons. The lowest BCUT2D eigenvalue weighted by molar-refractivity contribution is 0.0588. The molecule has 2 aliphatic rings. The zero-order valence-corrected chi connectivity index (χ0v) is 11.5. The Bertz CT molecular complexity index is 396. The topological polar surface area (TPSA) is 47.3 Å². The largest absolute Gasteiger partial charge is 0.381 e. The van der Waals surface area contributed by atoms with Crippen LogP contribution in [0.3, 0.4) is 0 Å². The van der Waals surface area contributed by atoms with Crippen LogP contribution in [0.25, 0.3) is 0 Å². The SMILES string of the molecule is NNC(CC1CCOCC1)C1(c2ccccc2)CC1. The number of benzene rings is 1. The van der Waals surface area contributed by atoms with Gasteiger partial charge in [0, 0.05) is 24.7 Å². The number of hydrogen-bond donors (Lipinski definition) is 2. The van der Waals surface area contributed by atoms with Gasteiger partial charge in [0.2, 0.25) is 0 Å². The number of nitrogens with one attached hydrogen (secondary N) is 1. The molecular formula is C16H24N2O. The van der Waals surface area contributed by atoms with E-state index in [4.69, 9.17) is 10.6 Å². The van der Waals surface area contributed by atoms with E-state index in [-0.39, 0.29) is 5.41 Å². The molecule has 1 unspecified atom stereocenters. The van der Waals surface area contributed by atoms with Gasteiger partial charge in [0.25, 0.3) is 0 Å². The third kappa shape index (κ3) is 2.69. The van der Waals surface area contributed by atoms with E-state index in [0.29, 0.717) is 6.04 Å². The van der Waals surface area contributed by atoms with Crippen LogP contribution in [0.2, 0.25) is 0 Å². The van der Waals surface area contributed by atoms with Crippen molar-refractivity contribution in [1.82, 2.24) is 5.43 Å². The summed E-state index contributed by atoms with van der Waals surface area (Å²) in [7, 11) is 0. The third-order valence-electron chi connectivity index (χ3n) is 4.92. The van der Waals surface area contributed by atoms with Crippen molar-refractivity contribution < 1.29 is 4.74 Å². The highest BCUT2D eigenvalue weighted by Crippen LogP contribution is 2.52. The molecule has 1 atom stereocenters. The van der Waals surface area contributed by atoms with Gasteiger partial charge in [-0.1, -0.05) is 30.3 Å². The Kier molecular flexibility index (Phi) is 3.87. The highest BCUT2D eigenvalue weighted by atomic mass is 16.5. The number of rotatable bonds is 5. The minimum Gasteiger partial charge on any atom is -0.381 e. The van der Waals surface area contributed by atoms with Crippen LogP contribution in [0.4, 0.5) is 0 Å². The Morgan fingerprint density at radius 3 is 2.47 bits per heavy atom. The van der Waals surface area contributed by atoms with Crippen molar-refractivity contribution in [3.8, 4) is 0 Å². The summed E-state index contributed by atoms with van der Waals surface area (Å²) in [4.78, 5) is 0. The average Bonchev–Trinajstić information content (AvgIpc) is 3.28. The first-order chi connectivity index (χ1) is 9.35. The summed E-state index contributed by atoms with van der Waals surface area (Å²) in [5, 5.41) is 0. The van der Waals surface area contributed by atoms with E-state index in [1.807, 2.05) is 0 Å². The summed E-state index contributed by atoms with van der Waals surface area (Å²) >= 11 is 0. The van der Waals surface area contributed by atoms with Gasteiger partial charge >= 0.3 is 0 Å². The van der Waals surface area contributed by atoms with Gasteiger partial charge in [-0.2, -0.15) is 0 Å². The summed E-state index contributed by atoms with van der Waals surface area (Å²) < 4.78 is 5.45. The van der Waals surface area contributed by atoms with Gasteiger partial charge in [-0.25, -0.2) is 0 Å².